The van der Waals surface area contributed by atoms with Crippen molar-refractivity contribution in [2.45, 2.75) is 50.6 Å². The Hall–Kier alpha value is 0.821. The van der Waals surface area contributed by atoms with Gasteiger partial charge in [-0.05, 0) is 25.5 Å². The van der Waals surface area contributed by atoms with E-state index in [4.69, 9.17) is 0 Å². The molecule has 2 aliphatic rings. The molecular formula is C17H25Cl2SSiTi. The van der Waals surface area contributed by atoms with Crippen LogP contribution in [0.5, 0.6) is 0 Å². The molecule has 0 N–H and O–H groups in total. The number of halogens is 2. The van der Waals surface area contributed by atoms with E-state index >= 15 is 0 Å². The maximum absolute atomic E-state index is 3.62. The first-order valence-electron chi connectivity index (χ1n) is 7.30. The van der Waals surface area contributed by atoms with Crippen LogP contribution in [0.25, 0.3) is 0 Å². The third-order valence-electron chi connectivity index (χ3n) is 4.46. The summed E-state index contributed by atoms with van der Waals surface area (Å²) in [7, 11) is -1.56. The van der Waals surface area contributed by atoms with Crippen molar-refractivity contribution < 1.29 is 46.5 Å². The fraction of sp³-hybridized carbons (Fsp3) is 0.529. The molecule has 0 heterocycles. The molecule has 1 unspecified atom stereocenters. The minimum Gasteiger partial charge on any atom is -1.00 e. The van der Waals surface area contributed by atoms with Gasteiger partial charge in [0, 0.05) is 4.37 Å². The van der Waals surface area contributed by atoms with Crippen LogP contribution in [0.1, 0.15) is 33.1 Å². The van der Waals surface area contributed by atoms with Crippen molar-refractivity contribution in [2.75, 3.05) is 5.75 Å². The molecule has 0 amide bonds. The largest absolute Gasteiger partial charge is 3.00 e. The predicted octanol–water partition coefficient (Wildman–Crippen LogP) is -0.744. The Labute approximate surface area is 169 Å². The fourth-order valence-electron chi connectivity index (χ4n) is 3.17. The first-order valence-corrected chi connectivity index (χ1v) is 11.3. The number of rotatable bonds is 5. The number of thioether (sulfide) groups is 1. The zero-order valence-electron chi connectivity index (χ0n) is 13.9. The smallest absolute Gasteiger partial charge is 1.00 e. The van der Waals surface area contributed by atoms with Crippen molar-refractivity contribution >= 4 is 19.8 Å². The second kappa shape index (κ2) is 10.6. The van der Waals surface area contributed by atoms with Crippen molar-refractivity contribution in [3.63, 3.8) is 0 Å². The second-order valence-electron chi connectivity index (χ2n) is 5.98. The molecule has 1 atom stereocenters. The van der Waals surface area contributed by atoms with Crippen LogP contribution < -0.4 is 24.8 Å². The Balaban J connectivity index is 0. The summed E-state index contributed by atoms with van der Waals surface area (Å²) < 4.78 is 0.328. The molecule has 0 nitrogen and oxygen atoms in total. The summed E-state index contributed by atoms with van der Waals surface area (Å²) in [6, 6.07) is 0. The van der Waals surface area contributed by atoms with Crippen LogP contribution in [0, 0.1) is 6.08 Å². The molecule has 1 radical (unpaired) electrons. The van der Waals surface area contributed by atoms with E-state index < -0.39 is 8.07 Å². The number of hydrogen-bond acceptors (Lipinski definition) is 1. The van der Waals surface area contributed by atoms with Gasteiger partial charge in [-0.25, -0.2) is 11.3 Å². The summed E-state index contributed by atoms with van der Waals surface area (Å²) in [5.74, 6) is 1.26. The van der Waals surface area contributed by atoms with Gasteiger partial charge in [-0.15, -0.1) is 6.42 Å². The minimum atomic E-state index is -1.56. The Morgan fingerprint density at radius 3 is 2.45 bits per heavy atom. The summed E-state index contributed by atoms with van der Waals surface area (Å²) in [5.41, 5.74) is 1.57. The van der Waals surface area contributed by atoms with E-state index in [1.165, 1.54) is 23.8 Å². The third-order valence-corrected chi connectivity index (χ3v) is 12.3. The van der Waals surface area contributed by atoms with Crippen molar-refractivity contribution in [1.29, 1.82) is 0 Å². The van der Waals surface area contributed by atoms with Gasteiger partial charge in [0.25, 0.3) is 0 Å². The van der Waals surface area contributed by atoms with E-state index in [1.54, 1.807) is 5.57 Å². The van der Waals surface area contributed by atoms with Crippen LogP contribution in [0.3, 0.4) is 0 Å². The predicted molar refractivity (Wildman–Crippen MR) is 91.0 cm³/mol. The van der Waals surface area contributed by atoms with E-state index in [2.05, 4.69) is 75.2 Å². The van der Waals surface area contributed by atoms with Gasteiger partial charge in [0.15, 0.2) is 0 Å². The van der Waals surface area contributed by atoms with Crippen LogP contribution in [0.4, 0.5) is 0 Å². The van der Waals surface area contributed by atoms with Crippen molar-refractivity contribution in [3.8, 4) is 0 Å². The van der Waals surface area contributed by atoms with Gasteiger partial charge in [0.2, 0.25) is 0 Å². The monoisotopic (exact) mass is 407 g/mol. The molecule has 0 aromatic heterocycles. The molecule has 121 valence electrons. The third kappa shape index (κ3) is 4.68. The molecule has 0 fully saturated rings. The molecular weight excluding hydrogens is 383 g/mol. The Morgan fingerprint density at radius 2 is 1.95 bits per heavy atom. The molecule has 0 saturated carbocycles. The summed E-state index contributed by atoms with van der Waals surface area (Å²) in [6.45, 7) is 9.68. The maximum atomic E-state index is 3.62. The summed E-state index contributed by atoms with van der Waals surface area (Å²) in [5, 5.41) is 1.53. The van der Waals surface area contributed by atoms with Gasteiger partial charge < -0.3 is 24.8 Å². The minimum absolute atomic E-state index is 0. The zero-order chi connectivity index (χ0) is 13.9. The average molecular weight is 408 g/mol. The molecule has 0 spiro atoms. The van der Waals surface area contributed by atoms with Crippen LogP contribution in [0.15, 0.2) is 41.1 Å². The molecule has 2 aliphatic carbocycles. The van der Waals surface area contributed by atoms with Crippen LogP contribution >= 0.6 is 11.8 Å². The summed E-state index contributed by atoms with van der Waals surface area (Å²) in [4.78, 5) is 0. The van der Waals surface area contributed by atoms with E-state index in [0.29, 0.717) is 4.37 Å². The van der Waals surface area contributed by atoms with Crippen molar-refractivity contribution in [3.05, 3.63) is 47.2 Å². The molecule has 5 heteroatoms. The standard InChI is InChI=1S/C17H25SSi.2ClH.Ti/c1-5-14-18-17(13-9-8-10-15(17)2)19(3,4)16-11-6-7-12-16;;;/h6,8-11H,5,7,13-14H2,1-4H3;2*1H;/q-1;;;+3/p-2. The Bertz CT molecular complexity index is 469. The van der Waals surface area contributed by atoms with Crippen LogP contribution in [-0.2, 0) is 21.7 Å². The van der Waals surface area contributed by atoms with E-state index in [9.17, 15) is 0 Å². The molecule has 0 bridgehead atoms. The quantitative estimate of drug-likeness (QED) is 0.427. The number of hydrogen-bond donors (Lipinski definition) is 0. The Morgan fingerprint density at radius 1 is 1.27 bits per heavy atom. The fourth-order valence-corrected chi connectivity index (χ4v) is 9.52. The number of allylic oxidation sites excluding steroid dienone is 7. The van der Waals surface area contributed by atoms with Crippen LogP contribution in [-0.4, -0.2) is 18.2 Å². The van der Waals surface area contributed by atoms with Gasteiger partial charge >= 0.3 is 21.7 Å². The zero-order valence-corrected chi connectivity index (χ0v) is 18.8. The van der Waals surface area contributed by atoms with Gasteiger partial charge in [-0.2, -0.15) is 17.8 Å². The molecule has 2 rings (SSSR count). The van der Waals surface area contributed by atoms with Crippen molar-refractivity contribution in [1.82, 2.24) is 0 Å². The van der Waals surface area contributed by atoms with Gasteiger partial charge in [0.1, 0.15) is 0 Å². The van der Waals surface area contributed by atoms with Gasteiger partial charge in [-0.1, -0.05) is 43.8 Å². The maximum Gasteiger partial charge on any atom is 3.00 e. The summed E-state index contributed by atoms with van der Waals surface area (Å²) >= 11 is 2.19. The second-order valence-corrected chi connectivity index (χ2v) is 12.4. The van der Waals surface area contributed by atoms with Crippen LogP contribution in [0.2, 0.25) is 13.1 Å². The SMILES string of the molecule is CCCSC1([Si](C)(C)C2=[C-]CC=C2)CC=CC=C1C.[Cl-].[Cl-].[Ti+3]. The first kappa shape index (κ1) is 25.1. The Kier molecular flexibility index (Phi) is 12.1. The molecule has 0 aromatic rings. The topological polar surface area (TPSA) is 0 Å². The van der Waals surface area contributed by atoms with Gasteiger partial charge in [0.05, 0.1) is 8.07 Å². The van der Waals surface area contributed by atoms with E-state index in [0.717, 1.165) is 6.42 Å². The van der Waals surface area contributed by atoms with Gasteiger partial charge in [-0.3, -0.25) is 6.08 Å². The molecule has 0 saturated heterocycles. The average Bonchev–Trinajstić information content (AvgIpc) is 2.92. The molecule has 0 aromatic carbocycles. The van der Waals surface area contributed by atoms with Crippen molar-refractivity contribution in [2.24, 2.45) is 0 Å². The van der Waals surface area contributed by atoms with E-state index in [1.807, 2.05) is 0 Å². The molecule has 22 heavy (non-hydrogen) atoms. The summed E-state index contributed by atoms with van der Waals surface area (Å²) in [6.07, 6.45) is 18.6. The molecule has 0 aliphatic heterocycles. The normalized spacial score (nSPS) is 22.9. The van der Waals surface area contributed by atoms with E-state index in [-0.39, 0.29) is 46.5 Å². The first-order chi connectivity index (χ1) is 9.04.